The maximum atomic E-state index is 5.49. The second-order valence-electron chi connectivity index (χ2n) is 7.71. The molecule has 0 spiro atoms. The Balaban J connectivity index is 1.31. The van der Waals surface area contributed by atoms with Crippen molar-refractivity contribution in [2.75, 3.05) is 0 Å². The zero-order valence-electron chi connectivity index (χ0n) is 18.2. The van der Waals surface area contributed by atoms with Gasteiger partial charge in [0.15, 0.2) is 5.16 Å². The Bertz CT molecular complexity index is 1290. The van der Waals surface area contributed by atoms with E-state index in [1.165, 1.54) is 16.0 Å². The van der Waals surface area contributed by atoms with Gasteiger partial charge in [0.25, 0.3) is 0 Å². The van der Waals surface area contributed by atoms with Gasteiger partial charge in [0.1, 0.15) is 5.82 Å². The van der Waals surface area contributed by atoms with Crippen molar-refractivity contribution >= 4 is 23.1 Å². The van der Waals surface area contributed by atoms with Crippen LogP contribution in [0.15, 0.2) is 81.8 Å². The molecule has 0 aliphatic carbocycles. The van der Waals surface area contributed by atoms with Crippen LogP contribution < -0.4 is 0 Å². The van der Waals surface area contributed by atoms with E-state index < -0.39 is 0 Å². The summed E-state index contributed by atoms with van der Waals surface area (Å²) in [6.45, 7) is 2.88. The summed E-state index contributed by atoms with van der Waals surface area (Å²) in [4.78, 5) is 5.84. The van der Waals surface area contributed by atoms with Gasteiger partial charge in [0.2, 0.25) is 11.7 Å². The summed E-state index contributed by atoms with van der Waals surface area (Å²) in [5, 5.41) is 16.1. The lowest BCUT2D eigenvalue weighted by Crippen LogP contribution is -2.08. The highest BCUT2D eigenvalue weighted by atomic mass is 32.2. The molecule has 0 saturated heterocycles. The zero-order chi connectivity index (χ0) is 22.5. The molecular weight excluding hydrogens is 450 g/mol. The standard InChI is InChI=1S/C25H23N5OS2/c1-18-9-11-20(12-10-18)24-26-23(31-29-24)17-33-25-28-27-22(16-21-8-5-15-32-21)30(25)14-13-19-6-3-2-4-7-19/h2-12,15H,13-14,16-17H2,1H3. The molecule has 0 bridgehead atoms. The molecular formula is C25H23N5OS2. The van der Waals surface area contributed by atoms with Crippen LogP contribution in [0.4, 0.5) is 0 Å². The molecule has 0 fully saturated rings. The van der Waals surface area contributed by atoms with Crippen molar-refractivity contribution in [3.8, 4) is 11.4 Å². The molecule has 5 aromatic rings. The average Bonchev–Trinajstić information content (AvgIpc) is 3.60. The van der Waals surface area contributed by atoms with Gasteiger partial charge in [0.05, 0.1) is 5.75 Å². The van der Waals surface area contributed by atoms with E-state index in [0.717, 1.165) is 35.9 Å². The number of aromatic nitrogens is 5. The van der Waals surface area contributed by atoms with Gasteiger partial charge in [0, 0.05) is 23.4 Å². The molecule has 0 aliphatic rings. The van der Waals surface area contributed by atoms with Gasteiger partial charge < -0.3 is 9.09 Å². The quantitative estimate of drug-likeness (QED) is 0.251. The Labute approximate surface area is 200 Å². The van der Waals surface area contributed by atoms with Crippen molar-refractivity contribution in [1.82, 2.24) is 24.9 Å². The minimum absolute atomic E-state index is 0.543. The molecule has 0 amide bonds. The number of thioether (sulfide) groups is 1. The van der Waals surface area contributed by atoms with E-state index in [0.29, 0.717) is 17.5 Å². The summed E-state index contributed by atoms with van der Waals surface area (Å²) in [6, 6.07) is 22.8. The van der Waals surface area contributed by atoms with Crippen LogP contribution in [0.2, 0.25) is 0 Å². The second-order valence-corrected chi connectivity index (χ2v) is 9.68. The van der Waals surface area contributed by atoms with Crippen LogP contribution in [-0.2, 0) is 25.1 Å². The first-order chi connectivity index (χ1) is 16.2. The van der Waals surface area contributed by atoms with Crippen LogP contribution in [0.5, 0.6) is 0 Å². The third-order valence-electron chi connectivity index (χ3n) is 5.28. The maximum Gasteiger partial charge on any atom is 0.237 e. The Morgan fingerprint density at radius 1 is 0.970 bits per heavy atom. The third kappa shape index (κ3) is 5.40. The number of rotatable bonds is 9. The second kappa shape index (κ2) is 10.1. The minimum Gasteiger partial charge on any atom is -0.338 e. The van der Waals surface area contributed by atoms with Crippen LogP contribution in [0, 0.1) is 6.92 Å². The van der Waals surface area contributed by atoms with Gasteiger partial charge in [-0.25, -0.2) is 0 Å². The number of aryl methyl sites for hydroxylation is 2. The van der Waals surface area contributed by atoms with Crippen LogP contribution >= 0.6 is 23.1 Å². The predicted molar refractivity (Wildman–Crippen MR) is 131 cm³/mol. The van der Waals surface area contributed by atoms with E-state index in [1.54, 1.807) is 23.1 Å². The van der Waals surface area contributed by atoms with Crippen molar-refractivity contribution in [1.29, 1.82) is 0 Å². The number of hydrogen-bond donors (Lipinski definition) is 0. The molecule has 33 heavy (non-hydrogen) atoms. The topological polar surface area (TPSA) is 69.6 Å². The Kier molecular flexibility index (Phi) is 6.64. The molecule has 0 saturated carbocycles. The minimum atomic E-state index is 0.543. The summed E-state index contributed by atoms with van der Waals surface area (Å²) < 4.78 is 7.71. The van der Waals surface area contributed by atoms with Gasteiger partial charge in [-0.2, -0.15) is 4.98 Å². The van der Waals surface area contributed by atoms with Gasteiger partial charge in [-0.3, -0.25) is 0 Å². The van der Waals surface area contributed by atoms with Crippen molar-refractivity contribution in [3.05, 3.63) is 99.8 Å². The summed E-state index contributed by atoms with van der Waals surface area (Å²) in [6.07, 6.45) is 1.69. The normalized spacial score (nSPS) is 11.2. The fourth-order valence-electron chi connectivity index (χ4n) is 3.50. The van der Waals surface area contributed by atoms with Gasteiger partial charge in [-0.1, -0.05) is 83.1 Å². The first-order valence-electron chi connectivity index (χ1n) is 10.8. The summed E-state index contributed by atoms with van der Waals surface area (Å²) in [5.41, 5.74) is 3.44. The summed E-state index contributed by atoms with van der Waals surface area (Å²) in [7, 11) is 0. The lowest BCUT2D eigenvalue weighted by molar-refractivity contribution is 0.391. The predicted octanol–water partition coefficient (Wildman–Crippen LogP) is 5.82. The molecule has 6 nitrogen and oxygen atoms in total. The fraction of sp³-hybridized carbons (Fsp3) is 0.200. The SMILES string of the molecule is Cc1ccc(-c2noc(CSc3nnc(Cc4cccs4)n3CCc3ccccc3)n2)cc1. The van der Waals surface area contributed by atoms with Crippen molar-refractivity contribution in [3.63, 3.8) is 0 Å². The Morgan fingerprint density at radius 3 is 2.61 bits per heavy atom. The largest absolute Gasteiger partial charge is 0.338 e. The molecule has 2 aromatic carbocycles. The highest BCUT2D eigenvalue weighted by Gasteiger charge is 2.16. The van der Waals surface area contributed by atoms with Crippen molar-refractivity contribution in [2.24, 2.45) is 0 Å². The van der Waals surface area contributed by atoms with E-state index >= 15 is 0 Å². The number of benzene rings is 2. The third-order valence-corrected chi connectivity index (χ3v) is 7.10. The molecule has 3 heterocycles. The molecule has 3 aromatic heterocycles. The van der Waals surface area contributed by atoms with Crippen LogP contribution in [-0.4, -0.2) is 24.9 Å². The van der Waals surface area contributed by atoms with Gasteiger partial charge in [-0.05, 0) is 30.4 Å². The van der Waals surface area contributed by atoms with Crippen LogP contribution in [0.1, 0.15) is 27.7 Å². The first kappa shape index (κ1) is 21.6. The monoisotopic (exact) mass is 473 g/mol. The molecule has 166 valence electrons. The van der Waals surface area contributed by atoms with E-state index in [9.17, 15) is 0 Å². The van der Waals surface area contributed by atoms with Crippen LogP contribution in [0.25, 0.3) is 11.4 Å². The number of thiophene rings is 1. The molecule has 5 rings (SSSR count). The Hall–Kier alpha value is -3.23. The molecule has 0 atom stereocenters. The van der Waals surface area contributed by atoms with E-state index in [4.69, 9.17) is 4.52 Å². The van der Waals surface area contributed by atoms with Crippen LogP contribution in [0.3, 0.4) is 0 Å². The van der Waals surface area contributed by atoms with Crippen molar-refractivity contribution in [2.45, 2.75) is 37.2 Å². The molecule has 0 unspecified atom stereocenters. The summed E-state index contributed by atoms with van der Waals surface area (Å²) >= 11 is 3.32. The first-order valence-corrected chi connectivity index (χ1v) is 12.6. The number of hydrogen-bond acceptors (Lipinski definition) is 7. The molecule has 0 N–H and O–H groups in total. The van der Waals surface area contributed by atoms with E-state index in [2.05, 4.69) is 73.6 Å². The van der Waals surface area contributed by atoms with Gasteiger partial charge >= 0.3 is 0 Å². The molecule has 8 heteroatoms. The number of nitrogens with zero attached hydrogens (tertiary/aromatic N) is 5. The van der Waals surface area contributed by atoms with Gasteiger partial charge in [-0.15, -0.1) is 21.5 Å². The lowest BCUT2D eigenvalue weighted by Gasteiger charge is -2.09. The summed E-state index contributed by atoms with van der Waals surface area (Å²) in [5.74, 6) is 2.70. The highest BCUT2D eigenvalue weighted by Crippen LogP contribution is 2.25. The molecule has 0 radical (unpaired) electrons. The molecule has 0 aliphatic heterocycles. The Morgan fingerprint density at radius 2 is 1.82 bits per heavy atom. The van der Waals surface area contributed by atoms with Crippen molar-refractivity contribution < 1.29 is 4.52 Å². The average molecular weight is 474 g/mol. The highest BCUT2D eigenvalue weighted by molar-refractivity contribution is 7.98. The van der Waals surface area contributed by atoms with E-state index in [1.807, 2.05) is 30.3 Å². The maximum absolute atomic E-state index is 5.49. The lowest BCUT2D eigenvalue weighted by atomic mass is 10.1. The fourth-order valence-corrected chi connectivity index (χ4v) is 5.02. The smallest absolute Gasteiger partial charge is 0.237 e. The van der Waals surface area contributed by atoms with E-state index in [-0.39, 0.29) is 0 Å². The zero-order valence-corrected chi connectivity index (χ0v) is 19.9.